The lowest BCUT2D eigenvalue weighted by Crippen LogP contribution is -2.48. The quantitative estimate of drug-likeness (QED) is 0.841. The Morgan fingerprint density at radius 1 is 1.04 bits per heavy atom. The van der Waals surface area contributed by atoms with E-state index in [-0.39, 0.29) is 41.4 Å². The highest BCUT2D eigenvalue weighted by atomic mass is 32.2. The van der Waals surface area contributed by atoms with Gasteiger partial charge in [-0.05, 0) is 50.2 Å². The van der Waals surface area contributed by atoms with Crippen molar-refractivity contribution in [3.8, 4) is 0 Å². The summed E-state index contributed by atoms with van der Waals surface area (Å²) in [5, 5.41) is 2.44. The Morgan fingerprint density at radius 3 is 2.21 bits per heavy atom. The number of hydrogen-bond donors (Lipinski definition) is 1. The predicted molar refractivity (Wildman–Crippen MR) is 99.5 cm³/mol. The molecule has 0 bridgehead atoms. The summed E-state index contributed by atoms with van der Waals surface area (Å²) in [6.45, 7) is 4.13. The average molecular weight is 410 g/mol. The minimum absolute atomic E-state index is 0.0678. The van der Waals surface area contributed by atoms with Gasteiger partial charge in [-0.1, -0.05) is 0 Å². The molecule has 1 fully saturated rings. The first-order valence-electron chi connectivity index (χ1n) is 8.69. The number of carbonyl (C=O) groups is 1. The molecule has 0 spiro atoms. The molecule has 6 nitrogen and oxygen atoms in total. The summed E-state index contributed by atoms with van der Waals surface area (Å²) in [5.41, 5.74) is 0.282. The number of halogens is 2. The van der Waals surface area contributed by atoms with E-state index in [0.29, 0.717) is 0 Å². The van der Waals surface area contributed by atoms with E-state index in [9.17, 15) is 22.0 Å². The van der Waals surface area contributed by atoms with Gasteiger partial charge in [-0.2, -0.15) is 4.31 Å². The topological polar surface area (TPSA) is 75.7 Å². The summed E-state index contributed by atoms with van der Waals surface area (Å²) in [4.78, 5) is 12.3. The number of morpholine rings is 1. The molecule has 1 heterocycles. The average Bonchev–Trinajstić information content (AvgIpc) is 2.64. The van der Waals surface area contributed by atoms with Crippen LogP contribution in [0, 0.1) is 11.6 Å². The molecule has 0 aliphatic carbocycles. The third kappa shape index (κ3) is 4.37. The maximum atomic E-state index is 13.2. The summed E-state index contributed by atoms with van der Waals surface area (Å²) in [5.74, 6) is -2.66. The molecule has 2 aromatic rings. The molecule has 3 rings (SSSR count). The van der Waals surface area contributed by atoms with Crippen molar-refractivity contribution in [1.29, 1.82) is 0 Å². The van der Waals surface area contributed by atoms with Crippen LogP contribution in [-0.4, -0.2) is 43.9 Å². The number of sulfonamides is 1. The molecule has 0 radical (unpaired) electrons. The van der Waals surface area contributed by atoms with E-state index < -0.39 is 27.6 Å². The van der Waals surface area contributed by atoms with Crippen molar-refractivity contribution in [1.82, 2.24) is 4.31 Å². The van der Waals surface area contributed by atoms with Crippen molar-refractivity contribution in [3.63, 3.8) is 0 Å². The zero-order valence-corrected chi connectivity index (χ0v) is 16.2. The Bertz CT molecular complexity index is 970. The van der Waals surface area contributed by atoms with Gasteiger partial charge in [-0.25, -0.2) is 17.2 Å². The number of ether oxygens (including phenoxy) is 1. The second-order valence-corrected chi connectivity index (χ2v) is 8.62. The normalized spacial score (nSPS) is 20.7. The lowest BCUT2D eigenvalue weighted by molar-refractivity contribution is -0.0440. The van der Waals surface area contributed by atoms with E-state index in [0.717, 1.165) is 12.1 Å². The van der Waals surface area contributed by atoms with E-state index in [2.05, 4.69) is 5.32 Å². The molecular formula is C19H20F2N2O4S. The van der Waals surface area contributed by atoms with Crippen LogP contribution in [0.1, 0.15) is 24.2 Å². The molecule has 0 aromatic heterocycles. The van der Waals surface area contributed by atoms with Crippen molar-refractivity contribution in [3.05, 3.63) is 59.7 Å². The maximum Gasteiger partial charge on any atom is 0.255 e. The van der Waals surface area contributed by atoms with Crippen LogP contribution in [0.2, 0.25) is 0 Å². The number of amides is 1. The van der Waals surface area contributed by atoms with Crippen LogP contribution in [0.3, 0.4) is 0 Å². The molecule has 0 saturated carbocycles. The fourth-order valence-electron chi connectivity index (χ4n) is 3.03. The van der Waals surface area contributed by atoms with Gasteiger partial charge in [0, 0.05) is 30.4 Å². The molecule has 2 aromatic carbocycles. The number of nitrogens with one attached hydrogen (secondary N) is 1. The van der Waals surface area contributed by atoms with Crippen LogP contribution in [0.15, 0.2) is 47.4 Å². The molecule has 9 heteroatoms. The molecule has 1 amide bonds. The van der Waals surface area contributed by atoms with Gasteiger partial charge in [-0.15, -0.1) is 0 Å². The number of carbonyl (C=O) groups excluding carboxylic acids is 1. The van der Waals surface area contributed by atoms with Crippen molar-refractivity contribution in [2.75, 3.05) is 18.4 Å². The van der Waals surface area contributed by atoms with Crippen LogP contribution in [0.5, 0.6) is 0 Å². The van der Waals surface area contributed by atoms with Crippen molar-refractivity contribution >= 4 is 21.6 Å². The smallest absolute Gasteiger partial charge is 0.255 e. The fraction of sp³-hybridized carbons (Fsp3) is 0.316. The zero-order chi connectivity index (χ0) is 20.5. The SMILES string of the molecule is C[C@@H]1CN(S(=O)(=O)c2ccc(C(=O)Nc3ccc(F)c(F)c3)cc2)C[C@H](C)O1. The summed E-state index contributed by atoms with van der Waals surface area (Å²) in [7, 11) is -3.71. The molecule has 1 aliphatic rings. The Kier molecular flexibility index (Phi) is 5.78. The summed E-state index contributed by atoms with van der Waals surface area (Å²) in [6, 6.07) is 8.44. The minimum atomic E-state index is -3.71. The Morgan fingerprint density at radius 2 is 1.64 bits per heavy atom. The van der Waals surface area contributed by atoms with Gasteiger partial charge >= 0.3 is 0 Å². The standard InChI is InChI=1S/C19H20F2N2O4S/c1-12-10-23(11-13(2)27-12)28(25,26)16-6-3-14(4-7-16)19(24)22-15-5-8-17(20)18(21)9-15/h3-9,12-13H,10-11H2,1-2H3,(H,22,24)/t12-,13+. The van der Waals surface area contributed by atoms with E-state index in [1.54, 1.807) is 0 Å². The maximum absolute atomic E-state index is 13.2. The van der Waals surface area contributed by atoms with E-state index >= 15 is 0 Å². The largest absolute Gasteiger partial charge is 0.373 e. The zero-order valence-electron chi connectivity index (χ0n) is 15.4. The lowest BCUT2D eigenvalue weighted by atomic mass is 10.2. The van der Waals surface area contributed by atoms with Crippen LogP contribution < -0.4 is 5.32 Å². The summed E-state index contributed by atoms with van der Waals surface area (Å²) in [6.07, 6.45) is -0.417. The first kappa shape index (κ1) is 20.4. The molecule has 150 valence electrons. The Labute approximate surface area is 162 Å². The van der Waals surface area contributed by atoms with Crippen LogP contribution >= 0.6 is 0 Å². The third-order valence-corrected chi connectivity index (χ3v) is 6.16. The first-order valence-corrected chi connectivity index (χ1v) is 10.1. The van der Waals surface area contributed by atoms with Crippen LogP contribution in [-0.2, 0) is 14.8 Å². The summed E-state index contributed by atoms with van der Waals surface area (Å²) >= 11 is 0. The van der Waals surface area contributed by atoms with Gasteiger partial charge in [0.2, 0.25) is 10.0 Å². The number of benzene rings is 2. The molecule has 2 atom stereocenters. The van der Waals surface area contributed by atoms with Crippen molar-refractivity contribution < 1.29 is 26.7 Å². The Balaban J connectivity index is 1.75. The van der Waals surface area contributed by atoms with Crippen molar-refractivity contribution in [2.45, 2.75) is 31.0 Å². The number of rotatable bonds is 4. The van der Waals surface area contributed by atoms with Gasteiger partial charge in [0.15, 0.2) is 11.6 Å². The van der Waals surface area contributed by atoms with Gasteiger partial charge in [-0.3, -0.25) is 4.79 Å². The molecule has 28 heavy (non-hydrogen) atoms. The molecule has 0 unspecified atom stereocenters. The fourth-order valence-corrected chi connectivity index (χ4v) is 4.62. The third-order valence-electron chi connectivity index (χ3n) is 4.32. The second kappa shape index (κ2) is 7.94. The minimum Gasteiger partial charge on any atom is -0.373 e. The van der Waals surface area contributed by atoms with E-state index in [1.165, 1.54) is 34.6 Å². The van der Waals surface area contributed by atoms with Crippen molar-refractivity contribution in [2.24, 2.45) is 0 Å². The van der Waals surface area contributed by atoms with E-state index in [4.69, 9.17) is 4.74 Å². The monoisotopic (exact) mass is 410 g/mol. The highest BCUT2D eigenvalue weighted by molar-refractivity contribution is 7.89. The van der Waals surface area contributed by atoms with Gasteiger partial charge in [0.25, 0.3) is 5.91 Å². The number of hydrogen-bond acceptors (Lipinski definition) is 4. The molecule has 1 N–H and O–H groups in total. The summed E-state index contributed by atoms with van der Waals surface area (Å²) < 4.78 is 58.8. The van der Waals surface area contributed by atoms with Gasteiger partial charge in [0.05, 0.1) is 17.1 Å². The van der Waals surface area contributed by atoms with Gasteiger partial charge < -0.3 is 10.1 Å². The highest BCUT2D eigenvalue weighted by Gasteiger charge is 2.32. The number of anilines is 1. The van der Waals surface area contributed by atoms with Gasteiger partial charge in [0.1, 0.15) is 0 Å². The molecular weight excluding hydrogens is 390 g/mol. The highest BCUT2D eigenvalue weighted by Crippen LogP contribution is 2.22. The second-order valence-electron chi connectivity index (χ2n) is 6.69. The Hall–Kier alpha value is -2.36. The molecule has 1 aliphatic heterocycles. The van der Waals surface area contributed by atoms with Crippen LogP contribution in [0.25, 0.3) is 0 Å². The first-order chi connectivity index (χ1) is 13.2. The lowest BCUT2D eigenvalue weighted by Gasteiger charge is -2.34. The number of nitrogens with zero attached hydrogens (tertiary/aromatic N) is 1. The molecule has 1 saturated heterocycles. The predicted octanol–water partition coefficient (Wildman–Crippen LogP) is 3.02. The van der Waals surface area contributed by atoms with E-state index in [1.807, 2.05) is 13.8 Å². The van der Waals surface area contributed by atoms with Crippen LogP contribution in [0.4, 0.5) is 14.5 Å².